The van der Waals surface area contributed by atoms with Crippen LogP contribution in [0, 0.1) is 0 Å². The number of likely N-dealkylation sites (N-methyl/N-ethyl adjacent to an activating group) is 1. The first-order valence-electron chi connectivity index (χ1n) is 5.98. The van der Waals surface area contributed by atoms with Crippen molar-refractivity contribution in [3.05, 3.63) is 21.3 Å². The van der Waals surface area contributed by atoms with Gasteiger partial charge in [-0.2, -0.15) is 0 Å². The average molecular weight is 276 g/mol. The second kappa shape index (κ2) is 6.71. The molecular formula is C12H18ClNO2S. The maximum absolute atomic E-state index is 5.94. The lowest BCUT2D eigenvalue weighted by Crippen LogP contribution is -2.34. The maximum Gasteiger partial charge on any atom is 0.159 e. The van der Waals surface area contributed by atoms with Gasteiger partial charge in [-0.05, 0) is 25.1 Å². The van der Waals surface area contributed by atoms with Gasteiger partial charge >= 0.3 is 0 Å². The zero-order valence-electron chi connectivity index (χ0n) is 9.95. The van der Waals surface area contributed by atoms with E-state index in [0.717, 1.165) is 23.7 Å². The van der Waals surface area contributed by atoms with Gasteiger partial charge in [-0.3, -0.25) is 0 Å². The Morgan fingerprint density at radius 2 is 2.24 bits per heavy atom. The summed E-state index contributed by atoms with van der Waals surface area (Å²) in [5.74, 6) is 0. The molecule has 1 aromatic rings. The summed E-state index contributed by atoms with van der Waals surface area (Å²) in [6.07, 6.45) is 1.83. The first kappa shape index (κ1) is 13.3. The molecule has 0 bridgehead atoms. The molecule has 17 heavy (non-hydrogen) atoms. The van der Waals surface area contributed by atoms with Crippen LogP contribution < -0.4 is 5.32 Å². The van der Waals surface area contributed by atoms with Gasteiger partial charge in [0.2, 0.25) is 0 Å². The van der Waals surface area contributed by atoms with Crippen LogP contribution in [-0.2, 0) is 15.9 Å². The summed E-state index contributed by atoms with van der Waals surface area (Å²) in [6, 6.07) is 4.43. The normalized spacial score (nSPS) is 18.7. The van der Waals surface area contributed by atoms with Crippen molar-refractivity contribution in [2.24, 2.45) is 0 Å². The molecule has 1 aliphatic heterocycles. The van der Waals surface area contributed by atoms with Crippen LogP contribution in [-0.4, -0.2) is 32.1 Å². The Bertz CT molecular complexity index is 339. The molecule has 1 saturated heterocycles. The number of hydrogen-bond acceptors (Lipinski definition) is 4. The molecule has 0 spiro atoms. The maximum atomic E-state index is 5.94. The number of ether oxygens (including phenoxy) is 2. The Labute approximate surface area is 111 Å². The molecule has 0 radical (unpaired) electrons. The molecule has 0 aromatic carbocycles. The average Bonchev–Trinajstić information content (AvgIpc) is 2.91. The highest BCUT2D eigenvalue weighted by Crippen LogP contribution is 2.24. The smallest absolute Gasteiger partial charge is 0.159 e. The third-order valence-electron chi connectivity index (χ3n) is 2.74. The standard InChI is InChI=1S/C12H18ClNO2S/c1-2-14-9(8-12-15-5-6-16-12)7-10-3-4-11(13)17-10/h3-4,9,12,14H,2,5-8H2,1H3. The molecule has 1 N–H and O–H groups in total. The predicted octanol–water partition coefficient (Wildman–Crippen LogP) is 2.69. The molecule has 2 rings (SSSR count). The molecule has 2 heterocycles. The molecule has 3 nitrogen and oxygen atoms in total. The number of hydrogen-bond donors (Lipinski definition) is 1. The van der Waals surface area contributed by atoms with Crippen molar-refractivity contribution in [2.75, 3.05) is 19.8 Å². The Morgan fingerprint density at radius 1 is 1.47 bits per heavy atom. The van der Waals surface area contributed by atoms with Gasteiger partial charge in [0.15, 0.2) is 6.29 Å². The highest BCUT2D eigenvalue weighted by atomic mass is 35.5. The van der Waals surface area contributed by atoms with E-state index in [1.165, 1.54) is 4.88 Å². The fourth-order valence-electron chi connectivity index (χ4n) is 2.01. The molecule has 1 unspecified atom stereocenters. The quantitative estimate of drug-likeness (QED) is 0.866. The second-order valence-corrected chi connectivity index (χ2v) is 5.87. The molecule has 96 valence electrons. The largest absolute Gasteiger partial charge is 0.350 e. The van der Waals surface area contributed by atoms with Gasteiger partial charge in [0, 0.05) is 17.3 Å². The van der Waals surface area contributed by atoms with E-state index in [9.17, 15) is 0 Å². The van der Waals surface area contributed by atoms with E-state index in [4.69, 9.17) is 21.1 Å². The van der Waals surface area contributed by atoms with Crippen molar-refractivity contribution < 1.29 is 9.47 Å². The van der Waals surface area contributed by atoms with E-state index in [1.807, 2.05) is 6.07 Å². The predicted molar refractivity (Wildman–Crippen MR) is 70.8 cm³/mol. The SMILES string of the molecule is CCNC(Cc1ccc(Cl)s1)CC1OCCO1. The van der Waals surface area contributed by atoms with Gasteiger partial charge < -0.3 is 14.8 Å². The summed E-state index contributed by atoms with van der Waals surface area (Å²) in [5, 5.41) is 3.47. The van der Waals surface area contributed by atoms with Crippen molar-refractivity contribution in [3.8, 4) is 0 Å². The van der Waals surface area contributed by atoms with Crippen LogP contribution >= 0.6 is 22.9 Å². The van der Waals surface area contributed by atoms with Gasteiger partial charge in [0.05, 0.1) is 17.6 Å². The molecular weight excluding hydrogens is 258 g/mol. The molecule has 0 amide bonds. The lowest BCUT2D eigenvalue weighted by Gasteiger charge is -2.20. The number of nitrogens with one attached hydrogen (secondary N) is 1. The number of halogens is 1. The molecule has 1 aliphatic rings. The first-order valence-corrected chi connectivity index (χ1v) is 7.18. The summed E-state index contributed by atoms with van der Waals surface area (Å²) in [6.45, 7) is 4.50. The number of rotatable bonds is 6. The van der Waals surface area contributed by atoms with Crippen LogP contribution in [0.1, 0.15) is 18.2 Å². The fourth-order valence-corrected chi connectivity index (χ4v) is 3.17. The summed E-state index contributed by atoms with van der Waals surface area (Å²) >= 11 is 7.58. The summed E-state index contributed by atoms with van der Waals surface area (Å²) < 4.78 is 11.8. The van der Waals surface area contributed by atoms with Crippen molar-refractivity contribution in [3.63, 3.8) is 0 Å². The minimum absolute atomic E-state index is 0.0468. The summed E-state index contributed by atoms with van der Waals surface area (Å²) in [4.78, 5) is 1.30. The van der Waals surface area contributed by atoms with E-state index in [0.29, 0.717) is 19.3 Å². The van der Waals surface area contributed by atoms with Gasteiger partial charge in [-0.15, -0.1) is 11.3 Å². The topological polar surface area (TPSA) is 30.5 Å². The molecule has 0 aliphatic carbocycles. The van der Waals surface area contributed by atoms with Crippen molar-refractivity contribution in [1.29, 1.82) is 0 Å². The van der Waals surface area contributed by atoms with Crippen LogP contribution in [0.4, 0.5) is 0 Å². The van der Waals surface area contributed by atoms with E-state index in [2.05, 4.69) is 18.3 Å². The molecule has 5 heteroatoms. The monoisotopic (exact) mass is 275 g/mol. The highest BCUT2D eigenvalue weighted by molar-refractivity contribution is 7.16. The third-order valence-corrected chi connectivity index (χ3v) is 3.99. The Morgan fingerprint density at radius 3 is 2.82 bits per heavy atom. The van der Waals surface area contributed by atoms with E-state index in [-0.39, 0.29) is 6.29 Å². The van der Waals surface area contributed by atoms with Crippen molar-refractivity contribution in [1.82, 2.24) is 5.32 Å². The second-order valence-electron chi connectivity index (χ2n) is 4.07. The van der Waals surface area contributed by atoms with Gasteiger partial charge in [-0.1, -0.05) is 18.5 Å². The zero-order chi connectivity index (χ0) is 12.1. The molecule has 0 saturated carbocycles. The summed E-state index contributed by atoms with van der Waals surface area (Å²) in [7, 11) is 0. The summed E-state index contributed by atoms with van der Waals surface area (Å²) in [5.41, 5.74) is 0. The van der Waals surface area contributed by atoms with E-state index in [1.54, 1.807) is 11.3 Å². The third kappa shape index (κ3) is 4.23. The Hall–Kier alpha value is -0.130. The Kier molecular flexibility index (Phi) is 5.25. The van der Waals surface area contributed by atoms with Crippen LogP contribution in [0.25, 0.3) is 0 Å². The van der Waals surface area contributed by atoms with Crippen LogP contribution in [0.15, 0.2) is 12.1 Å². The van der Waals surface area contributed by atoms with Gasteiger partial charge in [0.1, 0.15) is 0 Å². The molecule has 1 aromatic heterocycles. The Balaban J connectivity index is 1.87. The number of thiophene rings is 1. The minimum atomic E-state index is -0.0468. The van der Waals surface area contributed by atoms with Crippen LogP contribution in [0.5, 0.6) is 0 Å². The highest BCUT2D eigenvalue weighted by Gasteiger charge is 2.21. The van der Waals surface area contributed by atoms with Crippen molar-refractivity contribution in [2.45, 2.75) is 32.1 Å². The van der Waals surface area contributed by atoms with Gasteiger partial charge in [-0.25, -0.2) is 0 Å². The lowest BCUT2D eigenvalue weighted by atomic mass is 10.1. The van der Waals surface area contributed by atoms with E-state index < -0.39 is 0 Å². The van der Waals surface area contributed by atoms with E-state index >= 15 is 0 Å². The molecule has 1 fully saturated rings. The lowest BCUT2D eigenvalue weighted by molar-refractivity contribution is -0.0525. The van der Waals surface area contributed by atoms with Crippen LogP contribution in [0.2, 0.25) is 4.34 Å². The van der Waals surface area contributed by atoms with Crippen molar-refractivity contribution >= 4 is 22.9 Å². The first-order chi connectivity index (χ1) is 8.28. The van der Waals surface area contributed by atoms with Crippen LogP contribution in [0.3, 0.4) is 0 Å². The minimum Gasteiger partial charge on any atom is -0.350 e. The zero-order valence-corrected chi connectivity index (χ0v) is 11.5. The van der Waals surface area contributed by atoms with Gasteiger partial charge in [0.25, 0.3) is 0 Å². The fraction of sp³-hybridized carbons (Fsp3) is 0.667. The molecule has 1 atom stereocenters.